The molecule has 1 heterocycles. The van der Waals surface area contributed by atoms with Crippen LogP contribution in [0.15, 0.2) is 0 Å². The van der Waals surface area contributed by atoms with Gasteiger partial charge in [-0.2, -0.15) is 0 Å². The first-order valence-electron chi connectivity index (χ1n) is 3.92. The number of primary amides is 1. The molecule has 68 valence electrons. The van der Waals surface area contributed by atoms with Crippen molar-refractivity contribution in [2.75, 3.05) is 6.54 Å². The lowest BCUT2D eigenvalue weighted by atomic mass is 10.0. The van der Waals surface area contributed by atoms with Gasteiger partial charge in [0.15, 0.2) is 0 Å². The summed E-state index contributed by atoms with van der Waals surface area (Å²) in [5.41, 5.74) is 5.05. The molecule has 1 aliphatic heterocycles. The van der Waals surface area contributed by atoms with E-state index in [0.29, 0.717) is 13.0 Å². The summed E-state index contributed by atoms with van der Waals surface area (Å²) in [4.78, 5) is 22.5. The Morgan fingerprint density at radius 2 is 2.08 bits per heavy atom. The third kappa shape index (κ3) is 1.66. The number of carbonyl (C=O) groups is 2. The van der Waals surface area contributed by atoms with E-state index in [0.717, 1.165) is 17.7 Å². The summed E-state index contributed by atoms with van der Waals surface area (Å²) in [5, 5.41) is 8.68. The number of carboxylic acid groups (broad SMARTS) is 1. The molecule has 3 N–H and O–H groups in total. The highest BCUT2D eigenvalue weighted by Crippen LogP contribution is 2.16. The van der Waals surface area contributed by atoms with Crippen molar-refractivity contribution in [3.63, 3.8) is 0 Å². The molecule has 5 heteroatoms. The molecule has 1 rings (SSSR count). The molecule has 0 saturated carbocycles. The van der Waals surface area contributed by atoms with Crippen LogP contribution in [0.25, 0.3) is 0 Å². The number of hydrogen-bond acceptors (Lipinski definition) is 2. The highest BCUT2D eigenvalue weighted by atomic mass is 16.4. The lowest BCUT2D eigenvalue weighted by Crippen LogP contribution is -2.49. The monoisotopic (exact) mass is 172 g/mol. The van der Waals surface area contributed by atoms with E-state index in [4.69, 9.17) is 10.8 Å². The molecule has 12 heavy (non-hydrogen) atoms. The quantitative estimate of drug-likeness (QED) is 0.584. The van der Waals surface area contributed by atoms with Crippen LogP contribution in [0.1, 0.15) is 19.3 Å². The number of carbonyl (C=O) groups excluding carboxylic acids is 1. The standard InChI is InChI=1S/C7H12N2O3/c8-6(10)5-3-1-2-4-9(5)7(11)12/h5H,1-4H2,(H2,8,10)(H,11,12)/t5-/m1/s1. The van der Waals surface area contributed by atoms with Crippen LogP contribution in [0.5, 0.6) is 0 Å². The maximum atomic E-state index is 10.8. The topological polar surface area (TPSA) is 83.6 Å². The van der Waals surface area contributed by atoms with E-state index in [9.17, 15) is 9.59 Å². The van der Waals surface area contributed by atoms with E-state index in [1.54, 1.807) is 0 Å². The summed E-state index contributed by atoms with van der Waals surface area (Å²) in [6, 6.07) is -0.615. The summed E-state index contributed by atoms with van der Waals surface area (Å²) >= 11 is 0. The molecule has 0 bridgehead atoms. The number of hydrogen-bond donors (Lipinski definition) is 2. The lowest BCUT2D eigenvalue weighted by molar-refractivity contribution is -0.123. The fraction of sp³-hybridized carbons (Fsp3) is 0.714. The van der Waals surface area contributed by atoms with E-state index in [1.165, 1.54) is 0 Å². The third-order valence-corrected chi connectivity index (χ3v) is 2.08. The van der Waals surface area contributed by atoms with Crippen molar-refractivity contribution in [2.24, 2.45) is 5.73 Å². The molecule has 0 aromatic carbocycles. The summed E-state index contributed by atoms with van der Waals surface area (Å²) in [7, 11) is 0. The van der Waals surface area contributed by atoms with Gasteiger partial charge in [0, 0.05) is 6.54 Å². The predicted octanol–water partition coefficient (Wildman–Crippen LogP) is 0.00420. The number of nitrogens with two attached hydrogens (primary N) is 1. The van der Waals surface area contributed by atoms with E-state index in [2.05, 4.69) is 0 Å². The van der Waals surface area contributed by atoms with E-state index in [1.807, 2.05) is 0 Å². The molecule has 5 nitrogen and oxygen atoms in total. The first-order chi connectivity index (χ1) is 5.63. The van der Waals surface area contributed by atoms with Crippen molar-refractivity contribution < 1.29 is 14.7 Å². The Hall–Kier alpha value is -1.26. The van der Waals surface area contributed by atoms with Gasteiger partial charge < -0.3 is 10.8 Å². The van der Waals surface area contributed by atoms with Crippen LogP contribution in [0, 0.1) is 0 Å². The average molecular weight is 172 g/mol. The number of piperidine rings is 1. The fourth-order valence-corrected chi connectivity index (χ4v) is 1.46. The minimum Gasteiger partial charge on any atom is -0.465 e. The molecular formula is C7H12N2O3. The predicted molar refractivity (Wildman–Crippen MR) is 41.6 cm³/mol. The van der Waals surface area contributed by atoms with Crippen LogP contribution >= 0.6 is 0 Å². The summed E-state index contributed by atoms with van der Waals surface area (Å²) in [6.45, 7) is 0.420. The minimum atomic E-state index is -1.06. The molecule has 0 aliphatic carbocycles. The van der Waals surface area contributed by atoms with Gasteiger partial charge in [-0.25, -0.2) is 4.79 Å². The van der Waals surface area contributed by atoms with Crippen molar-refractivity contribution in [1.29, 1.82) is 0 Å². The zero-order chi connectivity index (χ0) is 9.14. The molecule has 0 unspecified atom stereocenters. The number of rotatable bonds is 1. The second-order valence-corrected chi connectivity index (χ2v) is 2.89. The zero-order valence-corrected chi connectivity index (χ0v) is 6.69. The van der Waals surface area contributed by atoms with Gasteiger partial charge in [-0.15, -0.1) is 0 Å². The Morgan fingerprint density at radius 1 is 1.42 bits per heavy atom. The maximum absolute atomic E-state index is 10.8. The molecule has 0 spiro atoms. The van der Waals surface area contributed by atoms with Gasteiger partial charge in [0.05, 0.1) is 0 Å². The molecule has 1 saturated heterocycles. The number of likely N-dealkylation sites (tertiary alicyclic amines) is 1. The highest BCUT2D eigenvalue weighted by molar-refractivity contribution is 5.83. The van der Waals surface area contributed by atoms with Crippen molar-refractivity contribution in [1.82, 2.24) is 4.90 Å². The number of nitrogens with zero attached hydrogens (tertiary/aromatic N) is 1. The molecule has 1 atom stereocenters. The largest absolute Gasteiger partial charge is 0.465 e. The molecule has 0 radical (unpaired) electrons. The van der Waals surface area contributed by atoms with Gasteiger partial charge >= 0.3 is 6.09 Å². The van der Waals surface area contributed by atoms with Crippen molar-refractivity contribution in [3.8, 4) is 0 Å². The van der Waals surface area contributed by atoms with Crippen LogP contribution in [0.2, 0.25) is 0 Å². The lowest BCUT2D eigenvalue weighted by Gasteiger charge is -2.30. The van der Waals surface area contributed by atoms with Gasteiger partial charge in [-0.1, -0.05) is 0 Å². The first-order valence-corrected chi connectivity index (χ1v) is 3.92. The Kier molecular flexibility index (Phi) is 2.52. The molecule has 0 aromatic rings. The van der Waals surface area contributed by atoms with Gasteiger partial charge in [0.1, 0.15) is 6.04 Å². The fourth-order valence-electron chi connectivity index (χ4n) is 1.46. The van der Waals surface area contributed by atoms with Crippen LogP contribution in [0.4, 0.5) is 4.79 Å². The first kappa shape index (κ1) is 8.83. The van der Waals surface area contributed by atoms with Crippen LogP contribution < -0.4 is 5.73 Å². The van der Waals surface area contributed by atoms with Gasteiger partial charge in [0.25, 0.3) is 0 Å². The smallest absolute Gasteiger partial charge is 0.407 e. The zero-order valence-electron chi connectivity index (χ0n) is 6.69. The minimum absolute atomic E-state index is 0.420. The van der Waals surface area contributed by atoms with E-state index in [-0.39, 0.29) is 0 Å². The molecule has 2 amide bonds. The Morgan fingerprint density at radius 3 is 2.50 bits per heavy atom. The SMILES string of the molecule is NC(=O)[C@H]1CCCCN1C(=O)O. The Bertz CT molecular complexity index is 183. The molecule has 1 aliphatic rings. The van der Waals surface area contributed by atoms with E-state index >= 15 is 0 Å². The summed E-state index contributed by atoms with van der Waals surface area (Å²) in [5.74, 6) is -0.544. The van der Waals surface area contributed by atoms with Crippen molar-refractivity contribution >= 4 is 12.0 Å². The second kappa shape index (κ2) is 3.42. The molecular weight excluding hydrogens is 160 g/mol. The maximum Gasteiger partial charge on any atom is 0.407 e. The Balaban J connectivity index is 2.67. The van der Waals surface area contributed by atoms with Crippen LogP contribution in [-0.4, -0.2) is 34.6 Å². The Labute approximate surface area is 70.1 Å². The highest BCUT2D eigenvalue weighted by Gasteiger charge is 2.29. The molecule has 0 aromatic heterocycles. The average Bonchev–Trinajstić information content (AvgIpc) is 2.04. The van der Waals surface area contributed by atoms with Gasteiger partial charge in [-0.3, -0.25) is 9.69 Å². The normalized spacial score (nSPS) is 23.7. The van der Waals surface area contributed by atoms with Crippen molar-refractivity contribution in [3.05, 3.63) is 0 Å². The van der Waals surface area contributed by atoms with Crippen LogP contribution in [0.3, 0.4) is 0 Å². The van der Waals surface area contributed by atoms with Crippen molar-refractivity contribution in [2.45, 2.75) is 25.3 Å². The molecule has 1 fully saturated rings. The number of amides is 2. The summed E-state index contributed by atoms with van der Waals surface area (Å²) < 4.78 is 0. The third-order valence-electron chi connectivity index (χ3n) is 2.08. The van der Waals surface area contributed by atoms with Gasteiger partial charge in [-0.05, 0) is 19.3 Å². The summed E-state index contributed by atoms with van der Waals surface area (Å²) in [6.07, 6.45) is 1.19. The van der Waals surface area contributed by atoms with Crippen LogP contribution in [-0.2, 0) is 4.79 Å². The van der Waals surface area contributed by atoms with Gasteiger partial charge in [0.2, 0.25) is 5.91 Å². The second-order valence-electron chi connectivity index (χ2n) is 2.89. The van der Waals surface area contributed by atoms with E-state index < -0.39 is 18.0 Å².